The number of halogens is 1. The molecule has 2 unspecified atom stereocenters. The van der Waals surface area contributed by atoms with Crippen molar-refractivity contribution >= 4 is 29.1 Å². The molecule has 1 heterocycles. The largest absolute Gasteiger partial charge is 0.507 e. The number of aliphatic hydroxyl groups is 2. The molecular weight excluding hydrogens is 630 g/mol. The van der Waals surface area contributed by atoms with Gasteiger partial charge in [0.05, 0.1) is 34.0 Å². The number of allylic oxidation sites excluding steroid dienone is 1. The Morgan fingerprint density at radius 1 is 1.02 bits per heavy atom. The summed E-state index contributed by atoms with van der Waals surface area (Å²) in [6.07, 6.45) is -0.231. The van der Waals surface area contributed by atoms with Crippen LogP contribution in [0.1, 0.15) is 47.2 Å². The number of Topliss-reactive ketones (excluding diaryl/α,β-unsaturated/α-hetero) is 2. The van der Waals surface area contributed by atoms with Crippen molar-refractivity contribution in [2.75, 3.05) is 27.9 Å². The van der Waals surface area contributed by atoms with E-state index in [4.69, 9.17) is 30.5 Å². The van der Waals surface area contributed by atoms with E-state index in [0.29, 0.717) is 12.0 Å². The third kappa shape index (κ3) is 5.96. The summed E-state index contributed by atoms with van der Waals surface area (Å²) in [5, 5.41) is 35.2. The Labute approximate surface area is 276 Å². The van der Waals surface area contributed by atoms with E-state index in [1.54, 1.807) is 6.92 Å². The summed E-state index contributed by atoms with van der Waals surface area (Å²) in [5.41, 5.74) is -1.05. The Hall–Kier alpha value is -4.74. The highest BCUT2D eigenvalue weighted by Crippen LogP contribution is 2.56. The first-order chi connectivity index (χ1) is 22.5. The van der Waals surface area contributed by atoms with Gasteiger partial charge in [0.1, 0.15) is 22.1 Å². The number of benzene rings is 3. The maximum absolute atomic E-state index is 14.3. The summed E-state index contributed by atoms with van der Waals surface area (Å²) >= 11 is 6.57. The lowest BCUT2D eigenvalue weighted by Gasteiger charge is -2.38. The van der Waals surface area contributed by atoms with E-state index in [9.17, 15) is 29.7 Å². The van der Waals surface area contributed by atoms with Gasteiger partial charge in [0.2, 0.25) is 17.3 Å². The van der Waals surface area contributed by atoms with Crippen molar-refractivity contribution in [3.05, 3.63) is 87.6 Å². The van der Waals surface area contributed by atoms with Gasteiger partial charge >= 0.3 is 0 Å². The van der Waals surface area contributed by atoms with Crippen LogP contribution in [0.25, 0.3) is 0 Å². The number of rotatable bonds is 11. The van der Waals surface area contributed by atoms with Gasteiger partial charge in [-0.3, -0.25) is 14.4 Å². The van der Waals surface area contributed by atoms with Crippen LogP contribution in [-0.4, -0.2) is 72.4 Å². The topological polar surface area (TPSA) is 161 Å². The Bertz CT molecular complexity index is 1740. The fourth-order valence-electron chi connectivity index (χ4n) is 6.37. The molecule has 1 amide bonds. The summed E-state index contributed by atoms with van der Waals surface area (Å²) < 4.78 is 22.4. The van der Waals surface area contributed by atoms with Gasteiger partial charge in [-0.05, 0) is 29.7 Å². The van der Waals surface area contributed by atoms with Gasteiger partial charge in [0, 0.05) is 36.3 Å². The van der Waals surface area contributed by atoms with Crippen LogP contribution in [0.4, 0.5) is 0 Å². The highest BCUT2D eigenvalue weighted by atomic mass is 35.5. The van der Waals surface area contributed by atoms with Gasteiger partial charge in [-0.2, -0.15) is 0 Å². The molecule has 0 saturated heterocycles. The summed E-state index contributed by atoms with van der Waals surface area (Å²) in [7, 11) is 4.10. The molecule has 4 atom stereocenters. The van der Waals surface area contributed by atoms with Gasteiger partial charge < -0.3 is 39.6 Å². The van der Waals surface area contributed by atoms with Gasteiger partial charge in [0.25, 0.3) is 0 Å². The number of aromatic hydroxyl groups is 1. The number of phenolic OH excluding ortho intramolecular Hbond substituents is 1. The number of aliphatic hydroxyl groups excluding tert-OH is 2. The lowest BCUT2D eigenvalue weighted by atomic mass is 9.69. The third-order valence-electron chi connectivity index (χ3n) is 8.77. The molecule has 0 saturated carbocycles. The summed E-state index contributed by atoms with van der Waals surface area (Å²) in [6.45, 7) is 1.26. The molecule has 11 nitrogen and oxygen atoms in total. The van der Waals surface area contributed by atoms with Crippen LogP contribution in [0.3, 0.4) is 0 Å². The van der Waals surface area contributed by atoms with Crippen molar-refractivity contribution in [1.82, 2.24) is 5.32 Å². The lowest BCUT2D eigenvalue weighted by Crippen LogP contribution is -2.53. The molecule has 0 aromatic heterocycles. The van der Waals surface area contributed by atoms with E-state index in [2.05, 4.69) is 5.32 Å². The number of nitrogens with one attached hydrogen (secondary N) is 1. The van der Waals surface area contributed by atoms with Crippen molar-refractivity contribution in [3.8, 4) is 28.7 Å². The van der Waals surface area contributed by atoms with E-state index in [1.807, 2.05) is 30.3 Å². The molecule has 3 aromatic carbocycles. The van der Waals surface area contributed by atoms with Crippen LogP contribution in [0.2, 0.25) is 5.02 Å². The molecular formula is C35H36ClNO10. The average Bonchev–Trinajstić information content (AvgIpc) is 3.38. The normalized spacial score (nSPS) is 20.0. The number of methoxy groups -OCH3 is 3. The lowest BCUT2D eigenvalue weighted by molar-refractivity contribution is -0.122. The van der Waals surface area contributed by atoms with E-state index in [-0.39, 0.29) is 64.4 Å². The molecule has 3 aromatic rings. The molecule has 1 aliphatic heterocycles. The Balaban J connectivity index is 1.61. The smallest absolute Gasteiger partial charge is 0.231 e. The molecule has 2 aliphatic rings. The number of hydrogen-bond donors (Lipinski definition) is 4. The second-order valence-corrected chi connectivity index (χ2v) is 12.0. The molecule has 0 fully saturated rings. The number of carbonyl (C=O) groups is 3. The van der Waals surface area contributed by atoms with Crippen molar-refractivity contribution < 1.29 is 48.7 Å². The summed E-state index contributed by atoms with van der Waals surface area (Å²) in [4.78, 5) is 41.8. The van der Waals surface area contributed by atoms with Crippen molar-refractivity contribution in [2.24, 2.45) is 5.92 Å². The van der Waals surface area contributed by atoms with Gasteiger partial charge in [-0.15, -0.1) is 0 Å². The van der Waals surface area contributed by atoms with Crippen molar-refractivity contribution in [2.45, 2.75) is 43.7 Å². The number of fused-ring (bicyclic) bond motifs is 1. The monoisotopic (exact) mass is 665 g/mol. The standard InChI is InChI=1S/C35H36ClNO10/c1-18-12-24(40)29(33(42)35(18)34(43)30-26(45-3)16-27(46-4)31(36)32(30)47-35)22(20-10-11-23(39)25(14-20)44-2)15-28(41)37-21(17-38)13-19-8-6-5-7-9-19/h5-11,14,16,18,21-22,38-39,42H,12-13,15,17H2,1-4H3,(H,37,41)/t18-,21?,22?,35+/m1/s1. The maximum Gasteiger partial charge on any atom is 0.231 e. The molecule has 248 valence electrons. The predicted octanol–water partition coefficient (Wildman–Crippen LogP) is 4.70. The molecule has 47 heavy (non-hydrogen) atoms. The van der Waals surface area contributed by atoms with Gasteiger partial charge in [0.15, 0.2) is 28.8 Å². The zero-order valence-electron chi connectivity index (χ0n) is 26.3. The van der Waals surface area contributed by atoms with Crippen molar-refractivity contribution in [3.63, 3.8) is 0 Å². The first-order valence-electron chi connectivity index (χ1n) is 15.0. The number of phenols is 1. The molecule has 1 aliphatic carbocycles. The Morgan fingerprint density at radius 3 is 2.34 bits per heavy atom. The molecule has 1 spiro atoms. The molecule has 12 heteroatoms. The van der Waals surface area contributed by atoms with Crippen LogP contribution in [0.5, 0.6) is 28.7 Å². The van der Waals surface area contributed by atoms with Gasteiger partial charge in [-0.25, -0.2) is 0 Å². The predicted molar refractivity (Wildman–Crippen MR) is 172 cm³/mol. The minimum absolute atomic E-state index is 0.0142. The molecule has 0 radical (unpaired) electrons. The van der Waals surface area contributed by atoms with E-state index in [0.717, 1.165) is 5.56 Å². The van der Waals surface area contributed by atoms with E-state index >= 15 is 0 Å². The van der Waals surface area contributed by atoms with Crippen LogP contribution >= 0.6 is 11.6 Å². The zero-order chi connectivity index (χ0) is 34.0. The minimum atomic E-state index is -2.06. The van der Waals surface area contributed by atoms with E-state index in [1.165, 1.54) is 45.6 Å². The average molecular weight is 666 g/mol. The van der Waals surface area contributed by atoms with Crippen LogP contribution in [0, 0.1) is 5.92 Å². The van der Waals surface area contributed by atoms with Gasteiger partial charge in [-0.1, -0.05) is 54.9 Å². The quantitative estimate of drug-likeness (QED) is 0.226. The molecule has 4 N–H and O–H groups in total. The first-order valence-corrected chi connectivity index (χ1v) is 15.3. The molecule has 5 rings (SSSR count). The maximum atomic E-state index is 14.3. The van der Waals surface area contributed by atoms with Crippen molar-refractivity contribution in [1.29, 1.82) is 0 Å². The fraction of sp³-hybridized carbons (Fsp3) is 0.343. The number of ketones is 2. The van der Waals surface area contributed by atoms with Crippen LogP contribution < -0.4 is 24.3 Å². The SMILES string of the molecule is COc1cc(C(CC(=O)NC(CO)Cc2ccccc2)C2=C(O)[C@@]3(Oc4c(Cl)c(OC)cc(OC)c4C3=O)[C@H](C)CC2=O)ccc1O. The Kier molecular flexibility index (Phi) is 9.69. The van der Waals surface area contributed by atoms with Crippen LogP contribution in [-0.2, 0) is 16.0 Å². The minimum Gasteiger partial charge on any atom is -0.507 e. The summed E-state index contributed by atoms with van der Waals surface area (Å²) in [5.74, 6) is -4.22. The number of amides is 1. The highest BCUT2D eigenvalue weighted by Gasteiger charge is 2.61. The first kappa shape index (κ1) is 33.6. The number of hydrogen-bond acceptors (Lipinski definition) is 10. The second kappa shape index (κ2) is 13.5. The number of ether oxygens (including phenoxy) is 4. The fourth-order valence-corrected chi connectivity index (χ4v) is 6.63. The van der Waals surface area contributed by atoms with E-state index < -0.39 is 46.7 Å². The van der Waals surface area contributed by atoms with Crippen LogP contribution in [0.15, 0.2) is 65.9 Å². The zero-order valence-corrected chi connectivity index (χ0v) is 27.1. The number of carbonyl (C=O) groups excluding carboxylic acids is 3. The second-order valence-electron chi connectivity index (χ2n) is 11.6. The Morgan fingerprint density at radius 2 is 1.70 bits per heavy atom. The summed E-state index contributed by atoms with van der Waals surface area (Å²) in [6, 6.07) is 14.4. The molecule has 0 bridgehead atoms. The third-order valence-corrected chi connectivity index (χ3v) is 9.12. The highest BCUT2D eigenvalue weighted by molar-refractivity contribution is 6.35.